The van der Waals surface area contributed by atoms with Crippen molar-refractivity contribution < 1.29 is 0 Å². The molecule has 0 fully saturated rings. The number of aromatic nitrogens is 3. The number of hydrogen-bond acceptors (Lipinski definition) is 6. The van der Waals surface area contributed by atoms with Gasteiger partial charge in [-0.05, 0) is 13.8 Å². The van der Waals surface area contributed by atoms with Crippen LogP contribution in [0.2, 0.25) is 0 Å². The molecule has 2 rings (SSSR count). The third kappa shape index (κ3) is 3.13. The van der Waals surface area contributed by atoms with E-state index in [4.69, 9.17) is 0 Å². The van der Waals surface area contributed by atoms with Gasteiger partial charge in [0.05, 0.1) is 6.54 Å². The first-order valence-electron chi connectivity index (χ1n) is 5.36. The fourth-order valence-electron chi connectivity index (χ4n) is 1.44. The molecule has 0 aromatic carbocycles. The molecule has 90 valence electrons. The fraction of sp³-hybridized carbons (Fsp3) is 0.364. The van der Waals surface area contributed by atoms with E-state index in [1.165, 1.54) is 4.88 Å². The van der Waals surface area contributed by atoms with Gasteiger partial charge < -0.3 is 10.6 Å². The highest BCUT2D eigenvalue weighted by Crippen LogP contribution is 2.14. The highest BCUT2D eigenvalue weighted by Gasteiger charge is 2.02. The lowest BCUT2D eigenvalue weighted by molar-refractivity contribution is 1.01. The van der Waals surface area contributed by atoms with Gasteiger partial charge in [-0.1, -0.05) is 0 Å². The zero-order valence-electron chi connectivity index (χ0n) is 10.1. The molecular formula is C11H15N5S. The van der Waals surface area contributed by atoms with Crippen molar-refractivity contribution in [3.63, 3.8) is 0 Å². The molecule has 2 N–H and O–H groups in total. The van der Waals surface area contributed by atoms with E-state index in [0.717, 1.165) is 22.5 Å². The predicted molar refractivity (Wildman–Crippen MR) is 70.5 cm³/mol. The van der Waals surface area contributed by atoms with Crippen molar-refractivity contribution >= 4 is 23.0 Å². The zero-order chi connectivity index (χ0) is 12.3. The Kier molecular flexibility index (Phi) is 3.53. The van der Waals surface area contributed by atoms with E-state index in [9.17, 15) is 0 Å². The summed E-state index contributed by atoms with van der Waals surface area (Å²) in [6.45, 7) is 4.62. The van der Waals surface area contributed by atoms with Gasteiger partial charge in [0, 0.05) is 24.2 Å². The van der Waals surface area contributed by atoms with Crippen LogP contribution in [0.4, 0.5) is 11.6 Å². The topological polar surface area (TPSA) is 62.7 Å². The van der Waals surface area contributed by atoms with Gasteiger partial charge in [-0.2, -0.15) is 0 Å². The Bertz CT molecular complexity index is 508. The van der Waals surface area contributed by atoms with E-state index in [2.05, 4.69) is 32.5 Å². The summed E-state index contributed by atoms with van der Waals surface area (Å²) in [6.07, 6.45) is 1.88. The zero-order valence-corrected chi connectivity index (χ0v) is 10.9. The lowest BCUT2D eigenvalue weighted by atomic mass is 10.5. The van der Waals surface area contributed by atoms with Crippen LogP contribution in [0.25, 0.3) is 0 Å². The average molecular weight is 249 g/mol. The summed E-state index contributed by atoms with van der Waals surface area (Å²) in [4.78, 5) is 14.1. The van der Waals surface area contributed by atoms with E-state index in [1.54, 1.807) is 11.3 Å². The van der Waals surface area contributed by atoms with Crippen molar-refractivity contribution in [1.82, 2.24) is 15.0 Å². The third-order valence-electron chi connectivity index (χ3n) is 2.18. The smallest absolute Gasteiger partial charge is 0.132 e. The number of nitrogens with zero attached hydrogens (tertiary/aromatic N) is 3. The Morgan fingerprint density at radius 1 is 1.24 bits per heavy atom. The lowest BCUT2D eigenvalue weighted by Crippen LogP contribution is -2.04. The second-order valence-corrected chi connectivity index (χ2v) is 4.97. The molecule has 6 heteroatoms. The van der Waals surface area contributed by atoms with Crippen LogP contribution in [-0.4, -0.2) is 22.0 Å². The van der Waals surface area contributed by atoms with Gasteiger partial charge in [0.2, 0.25) is 0 Å². The second-order valence-electron chi connectivity index (χ2n) is 3.65. The number of nitrogens with one attached hydrogen (secondary N) is 2. The van der Waals surface area contributed by atoms with Crippen molar-refractivity contribution in [2.75, 3.05) is 17.7 Å². The monoisotopic (exact) mass is 249 g/mol. The van der Waals surface area contributed by atoms with Gasteiger partial charge in [0.15, 0.2) is 0 Å². The minimum atomic E-state index is 0.693. The summed E-state index contributed by atoms with van der Waals surface area (Å²) in [7, 11) is 1.84. The van der Waals surface area contributed by atoms with Gasteiger partial charge in [-0.15, -0.1) is 11.3 Å². The van der Waals surface area contributed by atoms with Gasteiger partial charge in [0.1, 0.15) is 22.5 Å². The van der Waals surface area contributed by atoms with Crippen LogP contribution < -0.4 is 10.6 Å². The molecule has 0 radical (unpaired) electrons. The molecule has 0 aliphatic rings. The highest BCUT2D eigenvalue weighted by molar-refractivity contribution is 7.11. The fourth-order valence-corrected chi connectivity index (χ4v) is 2.16. The molecule has 2 aromatic heterocycles. The standard InChI is InChI=1S/C11H15N5S/c1-7-5-14-11(17-7)6-13-10-4-9(12-3)15-8(2)16-10/h4-5H,6H2,1-3H3,(H2,12,13,15,16). The molecule has 0 amide bonds. The summed E-state index contributed by atoms with van der Waals surface area (Å²) in [5.74, 6) is 2.37. The van der Waals surface area contributed by atoms with E-state index in [-0.39, 0.29) is 0 Å². The molecule has 0 bridgehead atoms. The number of hydrogen-bond donors (Lipinski definition) is 2. The van der Waals surface area contributed by atoms with Gasteiger partial charge in [-0.3, -0.25) is 0 Å². The Balaban J connectivity index is 2.05. The molecule has 2 aromatic rings. The van der Waals surface area contributed by atoms with Crippen molar-refractivity contribution in [2.45, 2.75) is 20.4 Å². The summed E-state index contributed by atoms with van der Waals surface area (Å²) < 4.78 is 0. The molecule has 2 heterocycles. The molecule has 0 aliphatic heterocycles. The van der Waals surface area contributed by atoms with Crippen LogP contribution in [0, 0.1) is 13.8 Å². The SMILES string of the molecule is CNc1cc(NCc2ncc(C)s2)nc(C)n1. The van der Waals surface area contributed by atoms with Crippen LogP contribution in [-0.2, 0) is 6.54 Å². The first-order valence-corrected chi connectivity index (χ1v) is 6.17. The molecular weight excluding hydrogens is 234 g/mol. The summed E-state index contributed by atoms with van der Waals surface area (Å²) in [5, 5.41) is 7.31. The lowest BCUT2D eigenvalue weighted by Gasteiger charge is -2.06. The van der Waals surface area contributed by atoms with Crippen LogP contribution >= 0.6 is 11.3 Å². The van der Waals surface area contributed by atoms with Crippen LogP contribution in [0.3, 0.4) is 0 Å². The van der Waals surface area contributed by atoms with E-state index in [1.807, 2.05) is 26.2 Å². The minimum absolute atomic E-state index is 0.693. The first-order chi connectivity index (χ1) is 8.17. The van der Waals surface area contributed by atoms with Crippen LogP contribution in [0.5, 0.6) is 0 Å². The highest BCUT2D eigenvalue weighted by atomic mass is 32.1. The first kappa shape index (κ1) is 11.8. The normalized spacial score (nSPS) is 10.3. The van der Waals surface area contributed by atoms with Crippen molar-refractivity contribution in [3.05, 3.63) is 28.0 Å². The Hall–Kier alpha value is -1.69. The summed E-state index contributed by atoms with van der Waals surface area (Å²) in [5.41, 5.74) is 0. The molecule has 0 spiro atoms. The van der Waals surface area contributed by atoms with E-state index >= 15 is 0 Å². The number of aryl methyl sites for hydroxylation is 2. The molecule has 0 aliphatic carbocycles. The maximum Gasteiger partial charge on any atom is 0.132 e. The largest absolute Gasteiger partial charge is 0.373 e. The second kappa shape index (κ2) is 5.09. The molecule has 0 unspecified atom stereocenters. The number of anilines is 2. The van der Waals surface area contributed by atoms with Gasteiger partial charge in [-0.25, -0.2) is 15.0 Å². The Morgan fingerprint density at radius 2 is 2.00 bits per heavy atom. The number of rotatable bonds is 4. The summed E-state index contributed by atoms with van der Waals surface area (Å²) >= 11 is 1.69. The summed E-state index contributed by atoms with van der Waals surface area (Å²) in [6, 6.07) is 1.88. The number of thiazole rings is 1. The third-order valence-corrected chi connectivity index (χ3v) is 3.10. The van der Waals surface area contributed by atoms with Crippen molar-refractivity contribution in [3.8, 4) is 0 Å². The minimum Gasteiger partial charge on any atom is -0.373 e. The molecule has 17 heavy (non-hydrogen) atoms. The quantitative estimate of drug-likeness (QED) is 0.869. The maximum absolute atomic E-state index is 4.32. The van der Waals surface area contributed by atoms with E-state index in [0.29, 0.717) is 6.54 Å². The van der Waals surface area contributed by atoms with Crippen molar-refractivity contribution in [1.29, 1.82) is 0 Å². The van der Waals surface area contributed by atoms with Gasteiger partial charge >= 0.3 is 0 Å². The Morgan fingerprint density at radius 3 is 2.65 bits per heavy atom. The molecule has 0 atom stereocenters. The molecule has 5 nitrogen and oxygen atoms in total. The van der Waals surface area contributed by atoms with Gasteiger partial charge in [0.25, 0.3) is 0 Å². The van der Waals surface area contributed by atoms with Crippen LogP contribution in [0.1, 0.15) is 15.7 Å². The van der Waals surface area contributed by atoms with Crippen molar-refractivity contribution in [2.24, 2.45) is 0 Å². The Labute approximate surface area is 104 Å². The predicted octanol–water partition coefficient (Wildman–Crippen LogP) is 2.20. The average Bonchev–Trinajstić information content (AvgIpc) is 2.72. The van der Waals surface area contributed by atoms with Crippen LogP contribution in [0.15, 0.2) is 12.3 Å². The maximum atomic E-state index is 4.32. The molecule has 0 saturated heterocycles. The molecule has 0 saturated carbocycles. The van der Waals surface area contributed by atoms with E-state index < -0.39 is 0 Å².